The Hall–Kier alpha value is -3.60. The number of hydrogen-bond donors (Lipinski definition) is 0. The number of aromatic nitrogens is 1. The summed E-state index contributed by atoms with van der Waals surface area (Å²) >= 11 is 6.92. The molecule has 0 N–H and O–H groups in total. The first-order valence-electron chi connectivity index (χ1n) is 12.8. The normalized spacial score (nSPS) is 14.7. The molecule has 212 valence electrons. The van der Waals surface area contributed by atoms with Crippen molar-refractivity contribution in [2.24, 2.45) is 4.99 Å². The molecule has 0 radical (unpaired) electrons. The summed E-state index contributed by atoms with van der Waals surface area (Å²) in [6.07, 6.45) is 1.75. The molecular weight excluding hydrogens is 736 g/mol. The summed E-state index contributed by atoms with van der Waals surface area (Å²) < 4.78 is 28.8. The monoisotopic (exact) mass is 757 g/mol. The zero-order valence-corrected chi connectivity index (χ0v) is 26.9. The summed E-state index contributed by atoms with van der Waals surface area (Å²) in [5, 5.41) is 9.07. The van der Waals surface area contributed by atoms with E-state index in [1.165, 1.54) is 28.0 Å². The number of carbonyl (C=O) groups excluding carboxylic acids is 1. The average molecular weight is 758 g/mol. The van der Waals surface area contributed by atoms with Crippen LogP contribution in [0.25, 0.3) is 6.08 Å². The summed E-state index contributed by atoms with van der Waals surface area (Å²) in [6.45, 7) is 3.82. The van der Waals surface area contributed by atoms with E-state index in [0.29, 0.717) is 37.5 Å². The van der Waals surface area contributed by atoms with E-state index < -0.39 is 17.8 Å². The van der Waals surface area contributed by atoms with Gasteiger partial charge in [0.2, 0.25) is 0 Å². The maximum atomic E-state index is 14.0. The van der Waals surface area contributed by atoms with Crippen molar-refractivity contribution in [1.82, 2.24) is 4.57 Å². The van der Waals surface area contributed by atoms with Gasteiger partial charge in [-0.05, 0) is 90.0 Å². The summed E-state index contributed by atoms with van der Waals surface area (Å²) in [4.78, 5) is 32.0. The zero-order chi connectivity index (χ0) is 30.0. The third-order valence-electron chi connectivity index (χ3n) is 6.49. The molecule has 1 aliphatic rings. The van der Waals surface area contributed by atoms with Crippen LogP contribution >= 0.6 is 49.9 Å². The van der Waals surface area contributed by atoms with Gasteiger partial charge in [0.1, 0.15) is 18.2 Å². The number of esters is 1. The van der Waals surface area contributed by atoms with Gasteiger partial charge in [-0.2, -0.15) is 5.26 Å². The molecule has 2 heterocycles. The van der Waals surface area contributed by atoms with E-state index in [2.05, 4.69) is 49.6 Å². The number of benzene rings is 3. The molecule has 1 aliphatic heterocycles. The number of carbonyl (C=O) groups is 1. The van der Waals surface area contributed by atoms with Gasteiger partial charge in [0.25, 0.3) is 5.56 Å². The highest BCUT2D eigenvalue weighted by atomic mass is 127. The molecule has 11 heteroatoms. The van der Waals surface area contributed by atoms with Crippen molar-refractivity contribution in [3.05, 3.63) is 128 Å². The first-order valence-corrected chi connectivity index (χ1v) is 15.4. The predicted octanol–water partition coefficient (Wildman–Crippen LogP) is 5.76. The van der Waals surface area contributed by atoms with E-state index in [-0.39, 0.29) is 24.3 Å². The fraction of sp³-hybridized carbons (Fsp3) is 0.161. The lowest BCUT2D eigenvalue weighted by Gasteiger charge is -2.24. The number of rotatable bonds is 7. The third kappa shape index (κ3) is 6.11. The first kappa shape index (κ1) is 29.9. The second-order valence-corrected chi connectivity index (χ2v) is 12.3. The molecule has 0 saturated heterocycles. The molecule has 0 bridgehead atoms. The van der Waals surface area contributed by atoms with Crippen molar-refractivity contribution >= 4 is 61.9 Å². The van der Waals surface area contributed by atoms with Crippen LogP contribution in [-0.2, 0) is 16.1 Å². The van der Waals surface area contributed by atoms with Crippen molar-refractivity contribution in [1.29, 1.82) is 5.26 Å². The van der Waals surface area contributed by atoms with E-state index in [4.69, 9.17) is 14.7 Å². The van der Waals surface area contributed by atoms with Crippen LogP contribution in [0.4, 0.5) is 4.39 Å². The van der Waals surface area contributed by atoms with Crippen molar-refractivity contribution in [2.45, 2.75) is 26.5 Å². The molecule has 5 rings (SSSR count). The number of halogens is 3. The van der Waals surface area contributed by atoms with Crippen LogP contribution in [0, 0.1) is 20.7 Å². The number of fused-ring (bicyclic) bond motifs is 1. The number of hydrogen-bond acceptors (Lipinski definition) is 7. The van der Waals surface area contributed by atoms with Gasteiger partial charge in [0.15, 0.2) is 4.80 Å². The van der Waals surface area contributed by atoms with Gasteiger partial charge in [-0.1, -0.05) is 51.5 Å². The van der Waals surface area contributed by atoms with E-state index in [1.54, 1.807) is 44.2 Å². The molecule has 4 aromatic rings. The molecule has 0 aliphatic carbocycles. The summed E-state index contributed by atoms with van der Waals surface area (Å²) in [5.41, 5.74) is 2.99. The molecule has 0 unspecified atom stereocenters. The van der Waals surface area contributed by atoms with E-state index >= 15 is 0 Å². The van der Waals surface area contributed by atoms with E-state index in [1.807, 2.05) is 24.3 Å². The minimum absolute atomic E-state index is 0.156. The minimum atomic E-state index is -0.835. The quantitative estimate of drug-likeness (QED) is 0.177. The number of allylic oxidation sites excluding steroid dienone is 1. The van der Waals surface area contributed by atoms with Crippen molar-refractivity contribution in [3.8, 4) is 11.8 Å². The first-order chi connectivity index (χ1) is 20.2. The Kier molecular flexibility index (Phi) is 9.05. The van der Waals surface area contributed by atoms with Crippen molar-refractivity contribution in [3.63, 3.8) is 0 Å². The lowest BCUT2D eigenvalue weighted by Crippen LogP contribution is -2.39. The lowest BCUT2D eigenvalue weighted by atomic mass is 9.96. The Morgan fingerprint density at radius 3 is 2.60 bits per heavy atom. The van der Waals surface area contributed by atoms with Crippen LogP contribution in [0.1, 0.15) is 42.1 Å². The van der Waals surface area contributed by atoms with Crippen molar-refractivity contribution in [2.75, 3.05) is 6.61 Å². The van der Waals surface area contributed by atoms with Crippen molar-refractivity contribution < 1.29 is 18.7 Å². The Balaban J connectivity index is 1.62. The fourth-order valence-electron chi connectivity index (χ4n) is 4.56. The van der Waals surface area contributed by atoms with Gasteiger partial charge in [-0.15, -0.1) is 0 Å². The number of nitriles is 1. The fourth-order valence-corrected chi connectivity index (χ4v) is 7.31. The van der Waals surface area contributed by atoms with Crippen LogP contribution in [0.2, 0.25) is 0 Å². The van der Waals surface area contributed by atoms with Crippen LogP contribution in [0.15, 0.2) is 86.2 Å². The maximum Gasteiger partial charge on any atom is 0.338 e. The van der Waals surface area contributed by atoms with Crippen LogP contribution in [0.3, 0.4) is 0 Å². The van der Waals surface area contributed by atoms with E-state index in [9.17, 15) is 14.0 Å². The molecule has 42 heavy (non-hydrogen) atoms. The molecule has 3 aromatic carbocycles. The summed E-state index contributed by atoms with van der Waals surface area (Å²) in [6, 6.07) is 17.9. The number of thiazole rings is 1. The Labute approximate surface area is 266 Å². The molecule has 1 aromatic heterocycles. The van der Waals surface area contributed by atoms with Gasteiger partial charge in [0, 0.05) is 10.0 Å². The molecule has 0 spiro atoms. The smallest absolute Gasteiger partial charge is 0.338 e. The van der Waals surface area contributed by atoms with Gasteiger partial charge in [0.05, 0.1) is 43.7 Å². The number of nitrogens with zero attached hydrogens (tertiary/aromatic N) is 3. The molecule has 1 atom stereocenters. The highest BCUT2D eigenvalue weighted by molar-refractivity contribution is 14.1. The second-order valence-electron chi connectivity index (χ2n) is 9.26. The Morgan fingerprint density at radius 2 is 1.93 bits per heavy atom. The van der Waals surface area contributed by atoms with E-state index in [0.717, 1.165) is 13.6 Å². The highest BCUT2D eigenvalue weighted by Crippen LogP contribution is 2.32. The Morgan fingerprint density at radius 1 is 1.21 bits per heavy atom. The van der Waals surface area contributed by atoms with Gasteiger partial charge in [-0.25, -0.2) is 14.2 Å². The standard InChI is InChI=1S/C31H22BrFIN3O4S/c1-3-40-30(39)26-17(2)36-31-37(27(26)20-8-10-23(33)11-9-20)29(38)25(42-31)13-21-12-22(32)14-24(34)28(21)41-16-19-6-4-18(15-35)5-7-19/h4-14,27H,3,16H2,1-2H3/b25-13-/t27-/m0/s1. The Bertz CT molecular complexity index is 1940. The second kappa shape index (κ2) is 12.7. The third-order valence-corrected chi connectivity index (χ3v) is 8.73. The zero-order valence-electron chi connectivity index (χ0n) is 22.4. The van der Waals surface area contributed by atoms with Gasteiger partial charge in [-0.3, -0.25) is 9.36 Å². The lowest BCUT2D eigenvalue weighted by molar-refractivity contribution is -0.139. The molecule has 0 fully saturated rings. The van der Waals surface area contributed by atoms with Gasteiger partial charge >= 0.3 is 5.97 Å². The molecule has 7 nitrogen and oxygen atoms in total. The van der Waals surface area contributed by atoms with Gasteiger partial charge < -0.3 is 9.47 Å². The summed E-state index contributed by atoms with van der Waals surface area (Å²) in [7, 11) is 0. The predicted molar refractivity (Wildman–Crippen MR) is 169 cm³/mol. The minimum Gasteiger partial charge on any atom is -0.487 e. The average Bonchev–Trinajstić information content (AvgIpc) is 3.26. The molecular formula is C31H22BrFIN3O4S. The van der Waals surface area contributed by atoms with Crippen LogP contribution in [0.5, 0.6) is 5.75 Å². The van der Waals surface area contributed by atoms with Crippen LogP contribution < -0.4 is 19.6 Å². The summed E-state index contributed by atoms with van der Waals surface area (Å²) in [5.74, 6) is -0.419. The SMILES string of the molecule is CCOC(=O)C1=C(C)N=c2s/c(=C\c3cc(Br)cc(I)c3OCc3ccc(C#N)cc3)c(=O)n2[C@H]1c1ccc(F)cc1. The number of ether oxygens (including phenoxy) is 2. The molecule has 0 amide bonds. The largest absolute Gasteiger partial charge is 0.487 e. The molecule has 0 saturated carbocycles. The topological polar surface area (TPSA) is 93.7 Å². The van der Waals surface area contributed by atoms with Crippen LogP contribution in [-0.4, -0.2) is 17.1 Å². The highest BCUT2D eigenvalue weighted by Gasteiger charge is 2.33. The maximum absolute atomic E-state index is 14.0.